The molecule has 0 aliphatic rings. The van der Waals surface area contributed by atoms with E-state index in [2.05, 4.69) is 6.92 Å². The summed E-state index contributed by atoms with van der Waals surface area (Å²) in [5.74, 6) is -3.26. The molecule has 0 fully saturated rings. The van der Waals surface area contributed by atoms with E-state index in [4.69, 9.17) is 9.84 Å². The van der Waals surface area contributed by atoms with Crippen molar-refractivity contribution >= 4 is 23.7 Å². The zero-order valence-corrected chi connectivity index (χ0v) is 18.4. The molecule has 0 aliphatic carbocycles. The van der Waals surface area contributed by atoms with Crippen LogP contribution in [0.5, 0.6) is 0 Å². The van der Waals surface area contributed by atoms with Crippen molar-refractivity contribution in [1.29, 1.82) is 0 Å². The number of hydrogen-bond donors (Lipinski definition) is 2. The first-order valence-corrected chi connectivity index (χ1v) is 10.7. The molecule has 7 heteroatoms. The Kier molecular flexibility index (Phi) is 13.2. The Morgan fingerprint density at radius 3 is 2.03 bits per heavy atom. The Labute approximate surface area is 174 Å². The third kappa shape index (κ3) is 9.90. The van der Waals surface area contributed by atoms with Crippen molar-refractivity contribution in [3.05, 3.63) is 0 Å². The third-order valence-corrected chi connectivity index (χ3v) is 5.64. The van der Waals surface area contributed by atoms with Crippen LogP contribution in [0, 0.1) is 11.3 Å². The topological polar surface area (TPSA) is 118 Å². The first kappa shape index (κ1) is 27.1. The summed E-state index contributed by atoms with van der Waals surface area (Å²) in [7, 11) is 0. The molecule has 2 N–H and O–H groups in total. The van der Waals surface area contributed by atoms with E-state index in [0.29, 0.717) is 38.5 Å². The van der Waals surface area contributed by atoms with E-state index < -0.39 is 41.1 Å². The summed E-state index contributed by atoms with van der Waals surface area (Å²) < 4.78 is 5.40. The van der Waals surface area contributed by atoms with Crippen LogP contribution in [0.25, 0.3) is 0 Å². The van der Waals surface area contributed by atoms with Crippen molar-refractivity contribution in [2.45, 2.75) is 104 Å². The van der Waals surface area contributed by atoms with Gasteiger partial charge < -0.3 is 14.9 Å². The predicted molar refractivity (Wildman–Crippen MR) is 110 cm³/mol. The highest BCUT2D eigenvalue weighted by molar-refractivity contribution is 6.02. The highest BCUT2D eigenvalue weighted by Gasteiger charge is 2.48. The Morgan fingerprint density at radius 1 is 0.931 bits per heavy atom. The number of ether oxygens (including phenoxy) is 1. The van der Waals surface area contributed by atoms with Crippen LogP contribution >= 0.6 is 0 Å². The van der Waals surface area contributed by atoms with Gasteiger partial charge in [-0.05, 0) is 44.9 Å². The molecule has 29 heavy (non-hydrogen) atoms. The van der Waals surface area contributed by atoms with Crippen molar-refractivity contribution in [2.75, 3.05) is 0 Å². The molecule has 3 unspecified atom stereocenters. The molecule has 0 heterocycles. The number of unbranched alkanes of at least 4 members (excludes halogenated alkanes) is 5. The molecule has 0 aromatic heterocycles. The molecule has 0 rings (SSSR count). The van der Waals surface area contributed by atoms with Gasteiger partial charge in [0.2, 0.25) is 0 Å². The summed E-state index contributed by atoms with van der Waals surface area (Å²) in [6.45, 7) is 6.47. The van der Waals surface area contributed by atoms with E-state index in [1.165, 1.54) is 13.8 Å². The summed E-state index contributed by atoms with van der Waals surface area (Å²) in [6.07, 6.45) is 6.20. The van der Waals surface area contributed by atoms with E-state index in [1.54, 1.807) is 6.92 Å². The molecule has 0 bridgehead atoms. The fraction of sp³-hybridized carbons (Fsp3) is 0.818. The summed E-state index contributed by atoms with van der Waals surface area (Å²) in [5.41, 5.74) is -1.52. The second-order valence-electron chi connectivity index (χ2n) is 8.00. The number of hydrogen-bond acceptors (Lipinski definition) is 5. The number of Topliss-reactive ketones (excluding diaryl/α,β-unsaturated/α-hetero) is 1. The third-order valence-electron chi connectivity index (χ3n) is 5.64. The Bertz CT molecular complexity index is 527. The number of aliphatic carboxylic acids is 2. The average Bonchev–Trinajstić information content (AvgIpc) is 2.59. The first-order chi connectivity index (χ1) is 13.6. The van der Waals surface area contributed by atoms with Gasteiger partial charge in [0.15, 0.2) is 0 Å². The molecule has 0 aromatic carbocycles. The molecule has 0 aromatic rings. The van der Waals surface area contributed by atoms with Crippen molar-refractivity contribution < 1.29 is 34.1 Å². The first-order valence-electron chi connectivity index (χ1n) is 10.7. The van der Waals surface area contributed by atoms with Crippen molar-refractivity contribution in [3.63, 3.8) is 0 Å². The summed E-state index contributed by atoms with van der Waals surface area (Å²) >= 11 is 0. The summed E-state index contributed by atoms with van der Waals surface area (Å²) in [5, 5.41) is 18.6. The molecule has 0 spiro atoms. The largest absolute Gasteiger partial charge is 0.481 e. The second kappa shape index (κ2) is 14.1. The highest BCUT2D eigenvalue weighted by Crippen LogP contribution is 2.39. The number of ketones is 1. The van der Waals surface area contributed by atoms with Gasteiger partial charge in [0, 0.05) is 13.3 Å². The Hall–Kier alpha value is -1.92. The van der Waals surface area contributed by atoms with Crippen molar-refractivity contribution in [3.8, 4) is 0 Å². The lowest BCUT2D eigenvalue weighted by atomic mass is 9.67. The maximum atomic E-state index is 12.5. The fourth-order valence-corrected chi connectivity index (χ4v) is 3.95. The average molecular weight is 415 g/mol. The minimum Gasteiger partial charge on any atom is -0.481 e. The zero-order valence-electron chi connectivity index (χ0n) is 18.4. The van der Waals surface area contributed by atoms with Gasteiger partial charge in [-0.15, -0.1) is 0 Å². The smallest absolute Gasteiger partial charge is 0.317 e. The van der Waals surface area contributed by atoms with E-state index >= 15 is 0 Å². The summed E-state index contributed by atoms with van der Waals surface area (Å²) in [6, 6.07) is 0. The molecule has 0 aliphatic heterocycles. The molecule has 0 radical (unpaired) electrons. The van der Waals surface area contributed by atoms with Crippen LogP contribution in [0.4, 0.5) is 0 Å². The van der Waals surface area contributed by atoms with Crippen LogP contribution < -0.4 is 0 Å². The monoisotopic (exact) mass is 414 g/mol. The van der Waals surface area contributed by atoms with Crippen LogP contribution in [-0.2, 0) is 23.9 Å². The lowest BCUT2D eigenvalue weighted by Gasteiger charge is -2.35. The van der Waals surface area contributed by atoms with Crippen molar-refractivity contribution in [2.24, 2.45) is 11.3 Å². The number of carboxylic acids is 2. The van der Waals surface area contributed by atoms with Gasteiger partial charge in [-0.3, -0.25) is 19.2 Å². The fourth-order valence-electron chi connectivity index (χ4n) is 3.95. The Balaban J connectivity index is 5.13. The van der Waals surface area contributed by atoms with E-state index in [9.17, 15) is 24.3 Å². The maximum Gasteiger partial charge on any atom is 0.317 e. The van der Waals surface area contributed by atoms with Gasteiger partial charge in [-0.2, -0.15) is 0 Å². The standard InChI is InChI=1S/C22H38O7/c1-5-6-9-12-19(29-18(4)24)15-16(2)22(17(3)23,21(27)28)14-11-8-7-10-13-20(25)26/h16,19H,5-15H2,1-4H3,(H,25,26)(H,27,28). The second-order valence-corrected chi connectivity index (χ2v) is 8.00. The lowest BCUT2D eigenvalue weighted by Crippen LogP contribution is -2.45. The van der Waals surface area contributed by atoms with E-state index in [-0.39, 0.29) is 12.8 Å². The molecule has 0 amide bonds. The normalized spacial score (nSPS) is 15.2. The van der Waals surface area contributed by atoms with E-state index in [1.807, 2.05) is 0 Å². The quantitative estimate of drug-likeness (QED) is 0.203. The summed E-state index contributed by atoms with van der Waals surface area (Å²) in [4.78, 5) is 46.7. The number of carbonyl (C=O) groups excluding carboxylic acids is 2. The van der Waals surface area contributed by atoms with E-state index in [0.717, 1.165) is 19.3 Å². The maximum absolute atomic E-state index is 12.5. The molecule has 3 atom stereocenters. The number of carbonyl (C=O) groups is 4. The van der Waals surface area contributed by atoms with Gasteiger partial charge in [0.25, 0.3) is 0 Å². The lowest BCUT2D eigenvalue weighted by molar-refractivity contribution is -0.160. The van der Waals surface area contributed by atoms with Crippen LogP contribution in [0.2, 0.25) is 0 Å². The Morgan fingerprint density at radius 2 is 1.55 bits per heavy atom. The highest BCUT2D eigenvalue weighted by atomic mass is 16.5. The number of carboxylic acid groups (broad SMARTS) is 2. The number of esters is 1. The molecule has 0 saturated carbocycles. The molecule has 168 valence electrons. The van der Waals surface area contributed by atoms with Gasteiger partial charge in [0.1, 0.15) is 17.3 Å². The minimum atomic E-state index is -1.52. The van der Waals surface area contributed by atoms with Gasteiger partial charge in [0.05, 0.1) is 0 Å². The van der Waals surface area contributed by atoms with Gasteiger partial charge in [-0.1, -0.05) is 46.0 Å². The van der Waals surface area contributed by atoms with Crippen LogP contribution in [0.1, 0.15) is 98.3 Å². The number of rotatable bonds is 17. The predicted octanol–water partition coefficient (Wildman–Crippen LogP) is 4.61. The van der Waals surface area contributed by atoms with Gasteiger partial charge in [-0.25, -0.2) is 0 Å². The van der Waals surface area contributed by atoms with Crippen LogP contribution in [0.3, 0.4) is 0 Å². The molecular formula is C22H38O7. The SMILES string of the molecule is CCCCCC(CC(C)C(CCCCCCC(=O)O)(C(C)=O)C(=O)O)OC(C)=O. The molecule has 7 nitrogen and oxygen atoms in total. The molecule has 0 saturated heterocycles. The van der Waals surface area contributed by atoms with Crippen LogP contribution in [-0.4, -0.2) is 40.0 Å². The van der Waals surface area contributed by atoms with Gasteiger partial charge >= 0.3 is 17.9 Å². The molecular weight excluding hydrogens is 376 g/mol. The minimum absolute atomic E-state index is 0.0923. The van der Waals surface area contributed by atoms with Crippen molar-refractivity contribution in [1.82, 2.24) is 0 Å². The van der Waals surface area contributed by atoms with Crippen LogP contribution in [0.15, 0.2) is 0 Å². The zero-order chi connectivity index (χ0) is 22.4.